The number of halogens is 1. The van der Waals surface area contributed by atoms with Gasteiger partial charge in [0.1, 0.15) is 5.75 Å². The summed E-state index contributed by atoms with van der Waals surface area (Å²) in [4.78, 5) is 14.0. The van der Waals surface area contributed by atoms with Crippen LogP contribution < -0.4 is 4.74 Å². The second-order valence-electron chi connectivity index (χ2n) is 5.63. The Balaban J connectivity index is 2.14. The number of benzene rings is 1. The van der Waals surface area contributed by atoms with Gasteiger partial charge in [0.25, 0.3) is 15.0 Å². The summed E-state index contributed by atoms with van der Waals surface area (Å²) < 4.78 is 28.3. The van der Waals surface area contributed by atoms with Gasteiger partial charge in [-0.25, -0.2) is 8.42 Å². The van der Waals surface area contributed by atoms with Crippen molar-refractivity contribution < 1.29 is 17.9 Å². The molecule has 7 heteroatoms. The van der Waals surface area contributed by atoms with Crippen molar-refractivity contribution in [2.45, 2.75) is 31.3 Å². The van der Waals surface area contributed by atoms with E-state index in [9.17, 15) is 13.2 Å². The van der Waals surface area contributed by atoms with Crippen LogP contribution in [0.15, 0.2) is 23.1 Å². The smallest absolute Gasteiger partial charge is 0.263 e. The molecular formula is C14H18ClNO4S. The second-order valence-corrected chi connectivity index (χ2v) is 8.20. The topological polar surface area (TPSA) is 63.7 Å². The molecule has 0 saturated heterocycles. The first-order valence-electron chi connectivity index (χ1n) is 6.67. The molecule has 1 aliphatic heterocycles. The minimum Gasteiger partial charge on any atom is -0.480 e. The minimum atomic E-state index is -3.77. The van der Waals surface area contributed by atoms with Crippen molar-refractivity contribution in [2.24, 2.45) is 5.92 Å². The van der Waals surface area contributed by atoms with E-state index in [2.05, 4.69) is 0 Å². The van der Waals surface area contributed by atoms with E-state index in [1.807, 2.05) is 13.8 Å². The highest BCUT2D eigenvalue weighted by molar-refractivity contribution is 8.13. The molecule has 0 saturated carbocycles. The molecular weight excluding hydrogens is 314 g/mol. The van der Waals surface area contributed by atoms with Crippen LogP contribution in [-0.4, -0.2) is 38.9 Å². The summed E-state index contributed by atoms with van der Waals surface area (Å²) in [6.07, 6.45) is -0.242. The van der Waals surface area contributed by atoms with Gasteiger partial charge in [0.15, 0.2) is 6.10 Å². The molecule has 0 fully saturated rings. The van der Waals surface area contributed by atoms with Crippen LogP contribution in [0.1, 0.15) is 19.4 Å². The Morgan fingerprint density at radius 2 is 2.14 bits per heavy atom. The van der Waals surface area contributed by atoms with Gasteiger partial charge in [0.2, 0.25) is 0 Å². The highest BCUT2D eigenvalue weighted by Gasteiger charge is 2.32. The number of carbonyl (C=O) groups is 1. The average Bonchev–Trinajstić information content (AvgIpc) is 2.78. The molecule has 0 spiro atoms. The molecule has 0 aromatic heterocycles. The first-order valence-corrected chi connectivity index (χ1v) is 8.98. The number of hydrogen-bond donors (Lipinski definition) is 0. The van der Waals surface area contributed by atoms with Gasteiger partial charge in [-0.15, -0.1) is 0 Å². The SMILES string of the molecule is CC(C)CN(C)C(=O)C1Cc2cc(S(=O)(=O)Cl)ccc2O1. The summed E-state index contributed by atoms with van der Waals surface area (Å²) in [6.45, 7) is 4.72. The molecule has 1 unspecified atom stereocenters. The number of hydrogen-bond acceptors (Lipinski definition) is 4. The van der Waals surface area contributed by atoms with E-state index < -0.39 is 15.2 Å². The van der Waals surface area contributed by atoms with E-state index in [1.165, 1.54) is 12.1 Å². The summed E-state index contributed by atoms with van der Waals surface area (Å²) in [7, 11) is 3.29. The van der Waals surface area contributed by atoms with Crippen molar-refractivity contribution in [3.8, 4) is 5.75 Å². The Bertz CT molecular complexity index is 657. The standard InChI is InChI=1S/C14H18ClNO4S/c1-9(2)8-16(3)14(17)13-7-10-6-11(21(15,18)19)4-5-12(10)20-13/h4-6,9,13H,7-8H2,1-3H3. The molecule has 0 N–H and O–H groups in total. The van der Waals surface area contributed by atoms with Crippen LogP contribution in [0.25, 0.3) is 0 Å². The van der Waals surface area contributed by atoms with Crippen LogP contribution in [0.2, 0.25) is 0 Å². The number of fused-ring (bicyclic) bond motifs is 1. The van der Waals surface area contributed by atoms with Crippen molar-refractivity contribution in [2.75, 3.05) is 13.6 Å². The molecule has 1 aliphatic rings. The maximum atomic E-state index is 12.3. The largest absolute Gasteiger partial charge is 0.480 e. The second kappa shape index (κ2) is 5.85. The third kappa shape index (κ3) is 3.68. The van der Waals surface area contributed by atoms with Crippen molar-refractivity contribution in [3.05, 3.63) is 23.8 Å². The Kier molecular flexibility index (Phi) is 4.49. The Hall–Kier alpha value is -1.27. The number of amides is 1. The molecule has 1 aromatic carbocycles. The van der Waals surface area contributed by atoms with Crippen LogP contribution in [0.3, 0.4) is 0 Å². The fraction of sp³-hybridized carbons (Fsp3) is 0.500. The predicted molar refractivity (Wildman–Crippen MR) is 80.1 cm³/mol. The van der Waals surface area contributed by atoms with Gasteiger partial charge in [-0.2, -0.15) is 0 Å². The van der Waals surface area contributed by atoms with Crippen molar-refractivity contribution in [1.29, 1.82) is 0 Å². The summed E-state index contributed by atoms with van der Waals surface area (Å²) in [5.41, 5.74) is 0.688. The van der Waals surface area contributed by atoms with Gasteiger partial charge >= 0.3 is 0 Å². The first kappa shape index (κ1) is 16.1. The normalized spacial score (nSPS) is 17.5. The molecule has 116 valence electrons. The lowest BCUT2D eigenvalue weighted by Crippen LogP contribution is -2.40. The monoisotopic (exact) mass is 331 g/mol. The highest BCUT2D eigenvalue weighted by Crippen LogP contribution is 2.32. The molecule has 1 aromatic rings. The number of likely N-dealkylation sites (N-methyl/N-ethyl adjacent to an activating group) is 1. The van der Waals surface area contributed by atoms with Crippen molar-refractivity contribution in [1.82, 2.24) is 4.90 Å². The van der Waals surface area contributed by atoms with Gasteiger partial charge < -0.3 is 9.64 Å². The van der Waals surface area contributed by atoms with Crippen molar-refractivity contribution in [3.63, 3.8) is 0 Å². The number of nitrogens with zero attached hydrogens (tertiary/aromatic N) is 1. The lowest BCUT2D eigenvalue weighted by Gasteiger charge is -2.22. The van der Waals surface area contributed by atoms with Gasteiger partial charge in [-0.3, -0.25) is 4.79 Å². The quantitative estimate of drug-likeness (QED) is 0.792. The maximum absolute atomic E-state index is 12.3. The van der Waals surface area contributed by atoms with E-state index >= 15 is 0 Å². The molecule has 0 radical (unpaired) electrons. The zero-order valence-electron chi connectivity index (χ0n) is 12.2. The number of rotatable bonds is 4. The maximum Gasteiger partial charge on any atom is 0.263 e. The molecule has 0 bridgehead atoms. The molecule has 1 heterocycles. The van der Waals surface area contributed by atoms with Gasteiger partial charge in [0.05, 0.1) is 4.90 Å². The number of carbonyl (C=O) groups excluding carboxylic acids is 1. The molecule has 21 heavy (non-hydrogen) atoms. The van der Waals surface area contributed by atoms with E-state index in [4.69, 9.17) is 15.4 Å². The Labute approximate surface area is 129 Å². The summed E-state index contributed by atoms with van der Waals surface area (Å²) in [6, 6.07) is 4.39. The summed E-state index contributed by atoms with van der Waals surface area (Å²) >= 11 is 0. The molecule has 1 amide bonds. The average molecular weight is 332 g/mol. The highest BCUT2D eigenvalue weighted by atomic mass is 35.7. The third-order valence-electron chi connectivity index (χ3n) is 3.28. The van der Waals surface area contributed by atoms with Crippen molar-refractivity contribution >= 4 is 25.6 Å². The zero-order chi connectivity index (χ0) is 15.8. The zero-order valence-corrected chi connectivity index (χ0v) is 13.7. The minimum absolute atomic E-state index is 0.0233. The van der Waals surface area contributed by atoms with E-state index in [-0.39, 0.29) is 10.8 Å². The predicted octanol–water partition coefficient (Wildman–Crippen LogP) is 2.03. The molecule has 5 nitrogen and oxygen atoms in total. The lowest BCUT2D eigenvalue weighted by molar-refractivity contribution is -0.137. The fourth-order valence-corrected chi connectivity index (χ4v) is 3.20. The third-order valence-corrected chi connectivity index (χ3v) is 4.63. The van der Waals surface area contributed by atoms with E-state index in [0.29, 0.717) is 30.2 Å². The molecule has 0 aliphatic carbocycles. The van der Waals surface area contributed by atoms with Gasteiger partial charge in [0, 0.05) is 30.7 Å². The van der Waals surface area contributed by atoms with Crippen LogP contribution in [0.5, 0.6) is 5.75 Å². The van der Waals surface area contributed by atoms with Crippen LogP contribution in [0, 0.1) is 5.92 Å². The van der Waals surface area contributed by atoms with E-state index in [1.54, 1.807) is 18.0 Å². The Morgan fingerprint density at radius 1 is 1.48 bits per heavy atom. The molecule has 2 rings (SSSR count). The van der Waals surface area contributed by atoms with Crippen LogP contribution in [0.4, 0.5) is 0 Å². The molecule has 1 atom stereocenters. The van der Waals surface area contributed by atoms with Gasteiger partial charge in [-0.05, 0) is 29.7 Å². The first-order chi connectivity index (χ1) is 9.68. The lowest BCUT2D eigenvalue weighted by atomic mass is 10.1. The fourth-order valence-electron chi connectivity index (χ4n) is 2.40. The van der Waals surface area contributed by atoms with Crippen LogP contribution in [-0.2, 0) is 20.3 Å². The van der Waals surface area contributed by atoms with Gasteiger partial charge in [-0.1, -0.05) is 13.8 Å². The van der Waals surface area contributed by atoms with E-state index in [0.717, 1.165) is 0 Å². The van der Waals surface area contributed by atoms with Crippen LogP contribution >= 0.6 is 10.7 Å². The number of ether oxygens (including phenoxy) is 1. The Morgan fingerprint density at radius 3 is 2.71 bits per heavy atom. The summed E-state index contributed by atoms with van der Waals surface area (Å²) in [5.74, 6) is 0.807. The summed E-state index contributed by atoms with van der Waals surface area (Å²) in [5, 5.41) is 0.